The van der Waals surface area contributed by atoms with Crippen LogP contribution in [0.3, 0.4) is 0 Å². The number of hydrogen-bond donors (Lipinski definition) is 1. The third kappa shape index (κ3) is 6.53. The molecule has 1 rings (SSSR count). The summed E-state index contributed by atoms with van der Waals surface area (Å²) in [7, 11) is 2.23. The highest BCUT2D eigenvalue weighted by Gasteiger charge is 2.08. The van der Waals surface area contributed by atoms with Crippen molar-refractivity contribution in [2.45, 2.75) is 59.0 Å². The molecule has 0 fully saturated rings. The maximum atomic E-state index is 3.45. The van der Waals surface area contributed by atoms with Crippen molar-refractivity contribution in [2.75, 3.05) is 20.1 Å². The van der Waals surface area contributed by atoms with Crippen molar-refractivity contribution in [3.63, 3.8) is 0 Å². The van der Waals surface area contributed by atoms with Crippen LogP contribution < -0.4 is 5.32 Å². The van der Waals surface area contributed by atoms with E-state index in [1.54, 1.807) is 0 Å². The first-order chi connectivity index (χ1) is 9.67. The van der Waals surface area contributed by atoms with Crippen LogP contribution in [0.4, 0.5) is 0 Å². The Labute approximate surface area is 125 Å². The van der Waals surface area contributed by atoms with Crippen LogP contribution in [0.15, 0.2) is 24.3 Å². The number of hydrogen-bond acceptors (Lipinski definition) is 2. The lowest BCUT2D eigenvalue weighted by Crippen LogP contribution is -2.28. The first kappa shape index (κ1) is 17.2. The third-order valence-corrected chi connectivity index (χ3v) is 3.93. The molecular weight excluding hydrogens is 244 g/mol. The summed E-state index contributed by atoms with van der Waals surface area (Å²) in [5.74, 6) is 0. The van der Waals surface area contributed by atoms with Gasteiger partial charge in [-0.15, -0.1) is 0 Å². The molecule has 1 N–H and O–H groups in total. The second-order valence-electron chi connectivity index (χ2n) is 5.87. The third-order valence-electron chi connectivity index (χ3n) is 3.93. The van der Waals surface area contributed by atoms with E-state index in [-0.39, 0.29) is 0 Å². The zero-order valence-corrected chi connectivity index (χ0v) is 13.8. The summed E-state index contributed by atoms with van der Waals surface area (Å²) in [4.78, 5) is 2.45. The largest absolute Gasteiger partial charge is 0.316 e. The average molecular weight is 276 g/mol. The summed E-state index contributed by atoms with van der Waals surface area (Å²) in [6, 6.07) is 9.79. The predicted molar refractivity (Wildman–Crippen MR) is 89.1 cm³/mol. The molecule has 0 aliphatic heterocycles. The van der Waals surface area contributed by atoms with Crippen LogP contribution in [0.5, 0.6) is 0 Å². The minimum Gasteiger partial charge on any atom is -0.316 e. The molecule has 0 spiro atoms. The first-order valence-corrected chi connectivity index (χ1v) is 8.16. The van der Waals surface area contributed by atoms with Gasteiger partial charge in [-0.25, -0.2) is 0 Å². The molecule has 20 heavy (non-hydrogen) atoms. The molecule has 0 aromatic heterocycles. The molecule has 1 atom stereocenters. The summed E-state index contributed by atoms with van der Waals surface area (Å²) in [6.45, 7) is 10.0. The summed E-state index contributed by atoms with van der Waals surface area (Å²) in [6.07, 6.45) is 4.87. The van der Waals surface area contributed by atoms with Gasteiger partial charge in [-0.2, -0.15) is 0 Å². The van der Waals surface area contributed by atoms with Gasteiger partial charge in [0.05, 0.1) is 0 Å². The standard InChI is InChI=1S/C18H32N2/c1-5-7-16(3)20(4)15-18-10-8-17(9-11-18)12-14-19-13-6-2/h8-11,16,19H,5-7,12-15H2,1-4H3. The molecule has 114 valence electrons. The monoisotopic (exact) mass is 276 g/mol. The molecule has 0 amide bonds. The molecular formula is C18H32N2. The van der Waals surface area contributed by atoms with Gasteiger partial charge in [0.1, 0.15) is 0 Å². The van der Waals surface area contributed by atoms with Crippen molar-refractivity contribution >= 4 is 0 Å². The van der Waals surface area contributed by atoms with E-state index in [0.29, 0.717) is 6.04 Å². The van der Waals surface area contributed by atoms with Crippen LogP contribution in [0.25, 0.3) is 0 Å². The minimum atomic E-state index is 0.665. The van der Waals surface area contributed by atoms with Gasteiger partial charge in [-0.05, 0) is 57.5 Å². The van der Waals surface area contributed by atoms with Crippen LogP contribution in [0.1, 0.15) is 51.2 Å². The highest BCUT2D eigenvalue weighted by molar-refractivity contribution is 5.22. The van der Waals surface area contributed by atoms with Crippen molar-refractivity contribution in [2.24, 2.45) is 0 Å². The van der Waals surface area contributed by atoms with Gasteiger partial charge < -0.3 is 5.32 Å². The topological polar surface area (TPSA) is 15.3 Å². The quantitative estimate of drug-likeness (QED) is 0.653. The fourth-order valence-electron chi connectivity index (χ4n) is 2.43. The van der Waals surface area contributed by atoms with E-state index in [4.69, 9.17) is 0 Å². The highest BCUT2D eigenvalue weighted by Crippen LogP contribution is 2.11. The maximum Gasteiger partial charge on any atom is 0.0233 e. The van der Waals surface area contributed by atoms with Gasteiger partial charge >= 0.3 is 0 Å². The summed E-state index contributed by atoms with van der Waals surface area (Å²) in [5.41, 5.74) is 2.85. The Balaban J connectivity index is 2.38. The molecule has 0 saturated heterocycles. The van der Waals surface area contributed by atoms with Crippen molar-refractivity contribution < 1.29 is 0 Å². The van der Waals surface area contributed by atoms with Gasteiger partial charge in [0.15, 0.2) is 0 Å². The lowest BCUT2D eigenvalue weighted by atomic mass is 10.1. The SMILES string of the molecule is CCCNCCc1ccc(CN(C)C(C)CCC)cc1. The van der Waals surface area contributed by atoms with Gasteiger partial charge in [-0.1, -0.05) is 44.5 Å². The lowest BCUT2D eigenvalue weighted by molar-refractivity contribution is 0.237. The zero-order valence-electron chi connectivity index (χ0n) is 13.8. The molecule has 1 aromatic rings. The van der Waals surface area contributed by atoms with E-state index in [2.05, 4.69) is 62.3 Å². The number of benzene rings is 1. The molecule has 1 aromatic carbocycles. The summed E-state index contributed by atoms with van der Waals surface area (Å²) >= 11 is 0. The molecule has 2 heteroatoms. The Morgan fingerprint density at radius 3 is 2.25 bits per heavy atom. The van der Waals surface area contributed by atoms with E-state index < -0.39 is 0 Å². The Morgan fingerprint density at radius 2 is 1.65 bits per heavy atom. The van der Waals surface area contributed by atoms with E-state index in [0.717, 1.165) is 26.1 Å². The second kappa shape index (κ2) is 9.95. The van der Waals surface area contributed by atoms with Crippen molar-refractivity contribution in [3.8, 4) is 0 Å². The van der Waals surface area contributed by atoms with E-state index in [9.17, 15) is 0 Å². The Bertz CT molecular complexity index is 345. The molecule has 2 nitrogen and oxygen atoms in total. The average Bonchev–Trinajstić information content (AvgIpc) is 2.45. The highest BCUT2D eigenvalue weighted by atomic mass is 15.1. The number of rotatable bonds is 10. The van der Waals surface area contributed by atoms with Crippen molar-refractivity contribution in [1.82, 2.24) is 10.2 Å². The van der Waals surface area contributed by atoms with Crippen LogP contribution in [0.2, 0.25) is 0 Å². The molecule has 1 unspecified atom stereocenters. The Morgan fingerprint density at radius 1 is 1.00 bits per heavy atom. The van der Waals surface area contributed by atoms with Gasteiger partial charge in [-0.3, -0.25) is 4.90 Å². The van der Waals surface area contributed by atoms with Crippen molar-refractivity contribution in [3.05, 3.63) is 35.4 Å². The number of nitrogens with one attached hydrogen (secondary N) is 1. The van der Waals surface area contributed by atoms with Gasteiger partial charge in [0, 0.05) is 12.6 Å². The molecule has 0 heterocycles. The molecule has 0 saturated carbocycles. The smallest absolute Gasteiger partial charge is 0.0233 e. The van der Waals surface area contributed by atoms with E-state index in [1.165, 1.54) is 30.4 Å². The zero-order chi connectivity index (χ0) is 14.8. The second-order valence-corrected chi connectivity index (χ2v) is 5.87. The van der Waals surface area contributed by atoms with Crippen LogP contribution >= 0.6 is 0 Å². The Hall–Kier alpha value is -0.860. The molecule has 0 aliphatic carbocycles. The Kier molecular flexibility index (Phi) is 8.56. The summed E-state index contributed by atoms with van der Waals surface area (Å²) < 4.78 is 0. The predicted octanol–water partition coefficient (Wildman–Crippen LogP) is 3.85. The van der Waals surface area contributed by atoms with E-state index in [1.807, 2.05) is 0 Å². The minimum absolute atomic E-state index is 0.665. The lowest BCUT2D eigenvalue weighted by Gasteiger charge is -2.24. The van der Waals surface area contributed by atoms with Gasteiger partial charge in [0.25, 0.3) is 0 Å². The van der Waals surface area contributed by atoms with Crippen LogP contribution in [0, 0.1) is 0 Å². The van der Waals surface area contributed by atoms with E-state index >= 15 is 0 Å². The maximum absolute atomic E-state index is 3.45. The first-order valence-electron chi connectivity index (χ1n) is 8.16. The van der Waals surface area contributed by atoms with Crippen LogP contribution in [-0.4, -0.2) is 31.1 Å². The molecule has 0 radical (unpaired) electrons. The van der Waals surface area contributed by atoms with Crippen molar-refractivity contribution in [1.29, 1.82) is 0 Å². The number of nitrogens with zero attached hydrogens (tertiary/aromatic N) is 1. The summed E-state index contributed by atoms with van der Waals surface area (Å²) in [5, 5.41) is 3.45. The molecule has 0 aliphatic rings. The van der Waals surface area contributed by atoms with Crippen LogP contribution in [-0.2, 0) is 13.0 Å². The fraction of sp³-hybridized carbons (Fsp3) is 0.667. The van der Waals surface area contributed by atoms with Gasteiger partial charge in [0.2, 0.25) is 0 Å². The normalized spacial score (nSPS) is 12.8. The molecule has 0 bridgehead atoms. The fourth-order valence-corrected chi connectivity index (χ4v) is 2.43.